The number of rotatable bonds is 4. The van der Waals surface area contributed by atoms with Crippen molar-refractivity contribution in [3.8, 4) is 0 Å². The first-order valence-electron chi connectivity index (χ1n) is 5.83. The van der Waals surface area contributed by atoms with Gasteiger partial charge in [0.1, 0.15) is 5.84 Å². The van der Waals surface area contributed by atoms with Gasteiger partial charge in [-0.15, -0.1) is 0 Å². The first-order chi connectivity index (χ1) is 7.48. The number of nitrogens with zero attached hydrogens (tertiary/aromatic N) is 2. The van der Waals surface area contributed by atoms with Crippen molar-refractivity contribution in [1.29, 1.82) is 0 Å². The molecule has 16 heavy (non-hydrogen) atoms. The standard InChI is InChI=1S/C11H23N3OS/c1-4-9(7-10(12)13-15)14-5-6-16-11(2,3)8-14/h9,15H,4-8H2,1-3H3,(H2,12,13). The zero-order valence-electron chi connectivity index (χ0n) is 10.4. The molecule has 1 saturated heterocycles. The second-order valence-electron chi connectivity index (χ2n) is 4.94. The molecule has 0 radical (unpaired) electrons. The summed E-state index contributed by atoms with van der Waals surface area (Å²) in [6, 6.07) is 0.399. The van der Waals surface area contributed by atoms with Crippen LogP contribution in [0.15, 0.2) is 5.16 Å². The number of hydrogen-bond donors (Lipinski definition) is 2. The van der Waals surface area contributed by atoms with Crippen LogP contribution in [0.4, 0.5) is 0 Å². The average Bonchev–Trinajstić information content (AvgIpc) is 2.24. The molecule has 0 saturated carbocycles. The predicted molar refractivity (Wildman–Crippen MR) is 70.2 cm³/mol. The monoisotopic (exact) mass is 245 g/mol. The van der Waals surface area contributed by atoms with E-state index in [2.05, 4.69) is 30.8 Å². The van der Waals surface area contributed by atoms with Crippen LogP contribution in [0.25, 0.3) is 0 Å². The lowest BCUT2D eigenvalue weighted by Crippen LogP contribution is -2.49. The highest BCUT2D eigenvalue weighted by molar-refractivity contribution is 8.00. The normalized spacial score (nSPS) is 24.3. The summed E-state index contributed by atoms with van der Waals surface area (Å²) in [7, 11) is 0. The zero-order valence-corrected chi connectivity index (χ0v) is 11.3. The maximum Gasteiger partial charge on any atom is 0.140 e. The fourth-order valence-corrected chi connectivity index (χ4v) is 3.31. The Morgan fingerprint density at radius 2 is 2.31 bits per heavy atom. The van der Waals surface area contributed by atoms with Crippen molar-refractivity contribution >= 4 is 17.6 Å². The Kier molecular flexibility index (Phi) is 4.92. The van der Waals surface area contributed by atoms with Crippen molar-refractivity contribution in [2.24, 2.45) is 10.9 Å². The molecule has 1 rings (SSSR count). The van der Waals surface area contributed by atoms with Crippen LogP contribution in [-0.2, 0) is 0 Å². The van der Waals surface area contributed by atoms with Crippen LogP contribution in [0, 0.1) is 0 Å². The fraction of sp³-hybridized carbons (Fsp3) is 0.909. The Balaban J connectivity index is 2.58. The van der Waals surface area contributed by atoms with Gasteiger partial charge in [0.25, 0.3) is 0 Å². The summed E-state index contributed by atoms with van der Waals surface area (Å²) in [6.45, 7) is 8.89. The van der Waals surface area contributed by atoms with E-state index in [1.54, 1.807) is 0 Å². The molecule has 0 amide bonds. The lowest BCUT2D eigenvalue weighted by molar-refractivity contribution is 0.184. The van der Waals surface area contributed by atoms with Crippen molar-refractivity contribution in [3.05, 3.63) is 0 Å². The number of nitrogens with two attached hydrogens (primary N) is 1. The van der Waals surface area contributed by atoms with Gasteiger partial charge in [-0.2, -0.15) is 11.8 Å². The van der Waals surface area contributed by atoms with Crippen molar-refractivity contribution in [2.45, 2.75) is 44.4 Å². The molecule has 94 valence electrons. The SMILES string of the molecule is CCC(CC(N)=NO)N1CCSC(C)(C)C1. The summed E-state index contributed by atoms with van der Waals surface area (Å²) in [5.74, 6) is 1.50. The Hall–Kier alpha value is -0.420. The van der Waals surface area contributed by atoms with Gasteiger partial charge in [0.2, 0.25) is 0 Å². The molecular weight excluding hydrogens is 222 g/mol. The maximum absolute atomic E-state index is 8.62. The second-order valence-corrected chi connectivity index (χ2v) is 6.74. The molecule has 3 N–H and O–H groups in total. The third kappa shape index (κ3) is 3.87. The number of thioether (sulfide) groups is 1. The van der Waals surface area contributed by atoms with E-state index in [1.807, 2.05) is 11.8 Å². The van der Waals surface area contributed by atoms with Crippen LogP contribution >= 0.6 is 11.8 Å². The van der Waals surface area contributed by atoms with Crippen LogP contribution in [0.1, 0.15) is 33.6 Å². The Morgan fingerprint density at radius 1 is 1.62 bits per heavy atom. The summed E-state index contributed by atoms with van der Waals surface area (Å²) >= 11 is 2.02. The molecule has 0 aromatic heterocycles. The molecule has 1 aliphatic heterocycles. The van der Waals surface area contributed by atoms with E-state index in [-0.39, 0.29) is 0 Å². The van der Waals surface area contributed by atoms with Gasteiger partial charge in [-0.3, -0.25) is 4.90 Å². The largest absolute Gasteiger partial charge is 0.409 e. The summed E-state index contributed by atoms with van der Waals surface area (Å²) in [5, 5.41) is 11.7. The van der Waals surface area contributed by atoms with Crippen LogP contribution in [-0.4, -0.2) is 45.6 Å². The second kappa shape index (κ2) is 5.77. The highest BCUT2D eigenvalue weighted by atomic mass is 32.2. The van der Waals surface area contributed by atoms with Gasteiger partial charge < -0.3 is 10.9 Å². The molecule has 1 unspecified atom stereocenters. The minimum atomic E-state index is 0.316. The molecule has 0 aromatic carbocycles. The van der Waals surface area contributed by atoms with Gasteiger partial charge in [0.05, 0.1) is 0 Å². The van der Waals surface area contributed by atoms with Gasteiger partial charge >= 0.3 is 0 Å². The zero-order chi connectivity index (χ0) is 12.2. The Morgan fingerprint density at radius 3 is 2.81 bits per heavy atom. The highest BCUT2D eigenvalue weighted by Crippen LogP contribution is 2.31. The molecule has 0 aromatic rings. The average molecular weight is 245 g/mol. The first-order valence-corrected chi connectivity index (χ1v) is 6.81. The minimum absolute atomic E-state index is 0.316. The third-order valence-electron chi connectivity index (χ3n) is 3.02. The van der Waals surface area contributed by atoms with E-state index < -0.39 is 0 Å². The van der Waals surface area contributed by atoms with E-state index in [9.17, 15) is 0 Å². The lowest BCUT2D eigenvalue weighted by Gasteiger charge is -2.41. The smallest absolute Gasteiger partial charge is 0.140 e. The molecule has 0 bridgehead atoms. The summed E-state index contributed by atoms with van der Waals surface area (Å²) in [4.78, 5) is 2.47. The first kappa shape index (κ1) is 13.6. The molecule has 1 heterocycles. The van der Waals surface area contributed by atoms with Crippen molar-refractivity contribution in [3.63, 3.8) is 0 Å². The van der Waals surface area contributed by atoms with Gasteiger partial charge in [-0.05, 0) is 20.3 Å². The van der Waals surface area contributed by atoms with Gasteiger partial charge in [-0.25, -0.2) is 0 Å². The quantitative estimate of drug-likeness (QED) is 0.343. The highest BCUT2D eigenvalue weighted by Gasteiger charge is 2.30. The lowest BCUT2D eigenvalue weighted by atomic mass is 10.1. The third-order valence-corrected chi connectivity index (χ3v) is 4.31. The Labute approximate surface area is 102 Å². The van der Waals surface area contributed by atoms with Gasteiger partial charge in [0, 0.05) is 36.1 Å². The van der Waals surface area contributed by atoms with E-state index >= 15 is 0 Å². The van der Waals surface area contributed by atoms with Crippen molar-refractivity contribution in [2.75, 3.05) is 18.8 Å². The topological polar surface area (TPSA) is 61.9 Å². The predicted octanol–water partition coefficient (Wildman–Crippen LogP) is 1.73. The molecule has 1 atom stereocenters. The van der Waals surface area contributed by atoms with Crippen LogP contribution in [0.5, 0.6) is 0 Å². The maximum atomic E-state index is 8.62. The number of amidine groups is 1. The summed E-state index contributed by atoms with van der Waals surface area (Å²) in [5.41, 5.74) is 5.59. The number of oxime groups is 1. The van der Waals surface area contributed by atoms with E-state index in [4.69, 9.17) is 10.9 Å². The van der Waals surface area contributed by atoms with E-state index in [0.29, 0.717) is 23.0 Å². The molecule has 5 heteroatoms. The van der Waals surface area contributed by atoms with Crippen LogP contribution < -0.4 is 5.73 Å². The van der Waals surface area contributed by atoms with Gasteiger partial charge in [-0.1, -0.05) is 12.1 Å². The molecule has 0 spiro atoms. The summed E-state index contributed by atoms with van der Waals surface area (Å²) in [6.07, 6.45) is 1.70. The van der Waals surface area contributed by atoms with E-state index in [1.165, 1.54) is 5.75 Å². The van der Waals surface area contributed by atoms with E-state index in [0.717, 1.165) is 19.5 Å². The van der Waals surface area contributed by atoms with Crippen molar-refractivity contribution in [1.82, 2.24) is 4.90 Å². The molecule has 0 aliphatic carbocycles. The van der Waals surface area contributed by atoms with Crippen molar-refractivity contribution < 1.29 is 5.21 Å². The number of hydrogen-bond acceptors (Lipinski definition) is 4. The summed E-state index contributed by atoms with van der Waals surface area (Å²) < 4.78 is 0.316. The molecular formula is C11H23N3OS. The fourth-order valence-electron chi connectivity index (χ4n) is 2.18. The molecule has 1 aliphatic rings. The molecule has 4 nitrogen and oxygen atoms in total. The van der Waals surface area contributed by atoms with Crippen LogP contribution in [0.3, 0.4) is 0 Å². The van der Waals surface area contributed by atoms with Gasteiger partial charge in [0.15, 0.2) is 0 Å². The molecule has 1 fully saturated rings. The van der Waals surface area contributed by atoms with Crippen LogP contribution in [0.2, 0.25) is 0 Å². The Bertz CT molecular complexity index is 256. The minimum Gasteiger partial charge on any atom is -0.409 e.